The number of nitrogens with one attached hydrogen (secondary N) is 1. The number of phenols is 1. The molecule has 4 N–H and O–H groups in total. The highest BCUT2D eigenvalue weighted by Gasteiger charge is 1.97. The van der Waals surface area contributed by atoms with Gasteiger partial charge in [0, 0.05) is 0 Å². The van der Waals surface area contributed by atoms with Gasteiger partial charge in [0.15, 0.2) is 0 Å². The van der Waals surface area contributed by atoms with Gasteiger partial charge < -0.3 is 15.3 Å². The van der Waals surface area contributed by atoms with Crippen molar-refractivity contribution >= 4 is 11.9 Å². The first-order chi connectivity index (χ1) is 7.52. The lowest BCUT2D eigenvalue weighted by Crippen LogP contribution is -2.27. The Labute approximate surface area is 92.2 Å². The fourth-order valence-corrected chi connectivity index (χ4v) is 0.704. The second-order valence-corrected chi connectivity index (χ2v) is 2.73. The van der Waals surface area contributed by atoms with Gasteiger partial charge in [-0.05, 0) is 12.1 Å². The highest BCUT2D eigenvalue weighted by atomic mass is 16.4. The highest BCUT2D eigenvalue weighted by Crippen LogP contribution is 2.02. The molecule has 88 valence electrons. The lowest BCUT2D eigenvalue weighted by Gasteiger charge is -1.93. The summed E-state index contributed by atoms with van der Waals surface area (Å²) in [5.74, 6) is -1.80. The summed E-state index contributed by atoms with van der Waals surface area (Å²) in [6.45, 7) is -0.626. The van der Waals surface area contributed by atoms with Gasteiger partial charge in [0.05, 0.1) is 13.1 Å². The van der Waals surface area contributed by atoms with Crippen molar-refractivity contribution in [1.82, 2.24) is 5.32 Å². The first-order valence-corrected chi connectivity index (χ1v) is 4.40. The van der Waals surface area contributed by atoms with E-state index in [4.69, 9.17) is 15.3 Å². The monoisotopic (exact) mass is 227 g/mol. The van der Waals surface area contributed by atoms with Crippen LogP contribution in [0.2, 0.25) is 0 Å². The predicted octanol–water partition coefficient (Wildman–Crippen LogP) is 0.137. The van der Waals surface area contributed by atoms with E-state index in [1.54, 1.807) is 24.3 Å². The third-order valence-corrected chi connectivity index (χ3v) is 1.31. The molecule has 0 atom stereocenters. The molecule has 1 rings (SSSR count). The van der Waals surface area contributed by atoms with Crippen molar-refractivity contribution in [3.63, 3.8) is 0 Å². The quantitative estimate of drug-likeness (QED) is 0.582. The SMILES string of the molecule is O=C(O)CNCC(=O)O.Oc1ccccc1. The van der Waals surface area contributed by atoms with Gasteiger partial charge in [0.25, 0.3) is 0 Å². The van der Waals surface area contributed by atoms with E-state index in [1.807, 2.05) is 6.07 Å². The van der Waals surface area contributed by atoms with Crippen molar-refractivity contribution < 1.29 is 24.9 Å². The molecular weight excluding hydrogens is 214 g/mol. The molecule has 0 amide bonds. The number of benzene rings is 1. The minimum atomic E-state index is -1.06. The van der Waals surface area contributed by atoms with E-state index in [-0.39, 0.29) is 13.1 Å². The Morgan fingerprint density at radius 3 is 1.69 bits per heavy atom. The van der Waals surface area contributed by atoms with Crippen LogP contribution in [0.3, 0.4) is 0 Å². The Morgan fingerprint density at radius 1 is 1.00 bits per heavy atom. The number of para-hydroxylation sites is 1. The van der Waals surface area contributed by atoms with E-state index < -0.39 is 11.9 Å². The van der Waals surface area contributed by atoms with E-state index in [2.05, 4.69) is 5.32 Å². The fraction of sp³-hybridized carbons (Fsp3) is 0.200. The predicted molar refractivity (Wildman–Crippen MR) is 56.2 cm³/mol. The molecule has 6 heteroatoms. The van der Waals surface area contributed by atoms with Gasteiger partial charge in [-0.2, -0.15) is 0 Å². The maximum absolute atomic E-state index is 9.73. The van der Waals surface area contributed by atoms with Crippen LogP contribution in [0.15, 0.2) is 30.3 Å². The molecule has 1 aromatic carbocycles. The van der Waals surface area contributed by atoms with Crippen LogP contribution in [0.1, 0.15) is 0 Å². The first-order valence-electron chi connectivity index (χ1n) is 4.40. The van der Waals surface area contributed by atoms with Crippen molar-refractivity contribution in [1.29, 1.82) is 0 Å². The third kappa shape index (κ3) is 10.0. The van der Waals surface area contributed by atoms with E-state index >= 15 is 0 Å². The van der Waals surface area contributed by atoms with E-state index in [0.717, 1.165) is 0 Å². The number of carboxylic acid groups (broad SMARTS) is 2. The van der Waals surface area contributed by atoms with E-state index in [9.17, 15) is 9.59 Å². The van der Waals surface area contributed by atoms with Crippen molar-refractivity contribution in [2.75, 3.05) is 13.1 Å². The normalized spacial score (nSPS) is 8.75. The fourth-order valence-electron chi connectivity index (χ4n) is 0.704. The van der Waals surface area contributed by atoms with Crippen LogP contribution in [0.4, 0.5) is 0 Å². The smallest absolute Gasteiger partial charge is 0.317 e. The Morgan fingerprint density at radius 2 is 1.44 bits per heavy atom. The van der Waals surface area contributed by atoms with Crippen LogP contribution in [-0.2, 0) is 9.59 Å². The Balaban J connectivity index is 0.000000288. The zero-order chi connectivity index (χ0) is 12.4. The van der Waals surface area contributed by atoms with Gasteiger partial charge in [0.1, 0.15) is 5.75 Å². The molecule has 0 unspecified atom stereocenters. The Hall–Kier alpha value is -2.08. The van der Waals surface area contributed by atoms with Crippen molar-refractivity contribution in [3.05, 3.63) is 30.3 Å². The molecule has 0 aromatic heterocycles. The molecule has 0 aliphatic rings. The van der Waals surface area contributed by atoms with Gasteiger partial charge in [-0.3, -0.25) is 14.9 Å². The van der Waals surface area contributed by atoms with Gasteiger partial charge in [-0.25, -0.2) is 0 Å². The van der Waals surface area contributed by atoms with Gasteiger partial charge >= 0.3 is 11.9 Å². The summed E-state index contributed by atoms with van der Waals surface area (Å²) in [6, 6.07) is 8.71. The summed E-state index contributed by atoms with van der Waals surface area (Å²) in [5, 5.41) is 26.8. The minimum absolute atomic E-state index is 0.313. The topological polar surface area (TPSA) is 107 Å². The zero-order valence-corrected chi connectivity index (χ0v) is 8.46. The molecule has 1 aromatic rings. The third-order valence-electron chi connectivity index (χ3n) is 1.31. The minimum Gasteiger partial charge on any atom is -0.508 e. The molecule has 0 saturated heterocycles. The number of rotatable bonds is 4. The number of carbonyl (C=O) groups is 2. The molecule has 16 heavy (non-hydrogen) atoms. The molecule has 0 heterocycles. The highest BCUT2D eigenvalue weighted by molar-refractivity contribution is 5.72. The second-order valence-electron chi connectivity index (χ2n) is 2.73. The Bertz CT molecular complexity index is 311. The van der Waals surface area contributed by atoms with Crippen LogP contribution in [0, 0.1) is 0 Å². The maximum Gasteiger partial charge on any atom is 0.317 e. The van der Waals surface area contributed by atoms with Gasteiger partial charge in [0.2, 0.25) is 0 Å². The first kappa shape index (κ1) is 13.9. The standard InChI is InChI=1S/C6H6O.C4H7NO4/c7-6-4-2-1-3-5-6;6-3(7)1-5-2-4(8)9/h1-5,7H;5H,1-2H2,(H,6,7)(H,8,9). The molecule has 6 nitrogen and oxygen atoms in total. The number of hydrogen-bond donors (Lipinski definition) is 4. The summed E-state index contributed by atoms with van der Waals surface area (Å²) in [6.07, 6.45) is 0. The summed E-state index contributed by atoms with van der Waals surface area (Å²) in [5.41, 5.74) is 0. The lowest BCUT2D eigenvalue weighted by molar-refractivity contribution is -0.137. The summed E-state index contributed by atoms with van der Waals surface area (Å²) in [7, 11) is 0. The van der Waals surface area contributed by atoms with Crippen LogP contribution in [-0.4, -0.2) is 40.3 Å². The summed E-state index contributed by atoms with van der Waals surface area (Å²) >= 11 is 0. The van der Waals surface area contributed by atoms with Crippen molar-refractivity contribution in [2.45, 2.75) is 0 Å². The van der Waals surface area contributed by atoms with Crippen LogP contribution in [0.5, 0.6) is 5.75 Å². The summed E-state index contributed by atoms with van der Waals surface area (Å²) < 4.78 is 0. The molecule has 0 fully saturated rings. The average Bonchev–Trinajstić information content (AvgIpc) is 2.18. The van der Waals surface area contributed by atoms with Crippen LogP contribution in [0.25, 0.3) is 0 Å². The largest absolute Gasteiger partial charge is 0.508 e. The van der Waals surface area contributed by atoms with E-state index in [1.165, 1.54) is 0 Å². The van der Waals surface area contributed by atoms with Crippen LogP contribution < -0.4 is 5.32 Å². The Kier molecular flexibility index (Phi) is 7.17. The van der Waals surface area contributed by atoms with E-state index in [0.29, 0.717) is 5.75 Å². The van der Waals surface area contributed by atoms with Crippen LogP contribution >= 0.6 is 0 Å². The molecular formula is C10H13NO5. The number of aliphatic carboxylic acids is 2. The summed E-state index contributed by atoms with van der Waals surface area (Å²) in [4.78, 5) is 19.5. The average molecular weight is 227 g/mol. The molecule has 0 saturated carbocycles. The van der Waals surface area contributed by atoms with Gasteiger partial charge in [-0.1, -0.05) is 18.2 Å². The molecule has 0 radical (unpaired) electrons. The lowest BCUT2D eigenvalue weighted by atomic mass is 10.3. The molecule has 0 bridgehead atoms. The second kappa shape index (κ2) is 8.25. The zero-order valence-electron chi connectivity index (χ0n) is 8.46. The number of phenolic OH excluding ortho intramolecular Hbond substituents is 1. The molecule has 0 aliphatic heterocycles. The number of hydrogen-bond acceptors (Lipinski definition) is 4. The maximum atomic E-state index is 9.73. The van der Waals surface area contributed by atoms with Crippen molar-refractivity contribution in [2.24, 2.45) is 0 Å². The number of carboxylic acids is 2. The van der Waals surface area contributed by atoms with Crippen molar-refractivity contribution in [3.8, 4) is 5.75 Å². The number of aromatic hydroxyl groups is 1. The molecule has 0 spiro atoms. The molecule has 0 aliphatic carbocycles. The van der Waals surface area contributed by atoms with Gasteiger partial charge in [-0.15, -0.1) is 0 Å².